The lowest BCUT2D eigenvalue weighted by Gasteiger charge is -2.16. The summed E-state index contributed by atoms with van der Waals surface area (Å²) in [6.45, 7) is 5.81. The minimum atomic E-state index is -0.146. The van der Waals surface area contributed by atoms with E-state index >= 15 is 0 Å². The first-order chi connectivity index (χ1) is 9.51. The highest BCUT2D eigenvalue weighted by molar-refractivity contribution is 7.17. The largest absolute Gasteiger partial charge is 0.375 e. The highest BCUT2D eigenvalue weighted by Gasteiger charge is 2.19. The highest BCUT2D eigenvalue weighted by Crippen LogP contribution is 2.22. The molecule has 5 nitrogen and oxygen atoms in total. The SMILES string of the molecule is CC[C@@H](NC(=O)c1sc(N)nc1C)c1cc(C)ccn1. The molecule has 0 bridgehead atoms. The molecular weight excluding hydrogens is 272 g/mol. The fourth-order valence-electron chi connectivity index (χ4n) is 1.99. The van der Waals surface area contributed by atoms with E-state index in [9.17, 15) is 4.79 Å². The van der Waals surface area contributed by atoms with Gasteiger partial charge in [0.2, 0.25) is 0 Å². The van der Waals surface area contributed by atoms with Crippen LogP contribution < -0.4 is 11.1 Å². The van der Waals surface area contributed by atoms with Crippen molar-refractivity contribution in [1.29, 1.82) is 0 Å². The molecule has 2 aromatic heterocycles. The lowest BCUT2D eigenvalue weighted by atomic mass is 10.1. The van der Waals surface area contributed by atoms with Gasteiger partial charge >= 0.3 is 0 Å². The number of hydrogen-bond donors (Lipinski definition) is 2. The predicted molar refractivity (Wildman–Crippen MR) is 80.7 cm³/mol. The molecule has 3 N–H and O–H groups in total. The maximum atomic E-state index is 12.3. The number of carbonyl (C=O) groups excluding carboxylic acids is 1. The topological polar surface area (TPSA) is 80.9 Å². The van der Waals surface area contributed by atoms with Crippen LogP contribution in [-0.4, -0.2) is 15.9 Å². The third kappa shape index (κ3) is 3.14. The molecule has 0 saturated heterocycles. The molecule has 2 heterocycles. The molecule has 6 heteroatoms. The van der Waals surface area contributed by atoms with Gasteiger partial charge in [0, 0.05) is 6.20 Å². The summed E-state index contributed by atoms with van der Waals surface area (Å²) in [4.78, 5) is 21.3. The molecule has 2 aromatic rings. The van der Waals surface area contributed by atoms with Crippen LogP contribution in [0.5, 0.6) is 0 Å². The van der Waals surface area contributed by atoms with Gasteiger partial charge in [0.15, 0.2) is 5.13 Å². The van der Waals surface area contributed by atoms with Crippen LogP contribution in [0.3, 0.4) is 0 Å². The average Bonchev–Trinajstić information content (AvgIpc) is 2.75. The van der Waals surface area contributed by atoms with E-state index in [1.165, 1.54) is 11.3 Å². The Labute approximate surface area is 122 Å². The third-order valence-electron chi connectivity index (χ3n) is 3.03. The summed E-state index contributed by atoms with van der Waals surface area (Å²) in [6, 6.07) is 3.82. The van der Waals surface area contributed by atoms with Crippen molar-refractivity contribution in [3.05, 3.63) is 40.2 Å². The second-order valence-corrected chi connectivity index (χ2v) is 5.69. The molecule has 0 saturated carbocycles. The first-order valence-electron chi connectivity index (χ1n) is 6.47. The number of nitrogen functional groups attached to an aromatic ring is 1. The van der Waals surface area contributed by atoms with Crippen molar-refractivity contribution in [3.63, 3.8) is 0 Å². The molecule has 0 radical (unpaired) electrons. The zero-order valence-corrected chi connectivity index (χ0v) is 12.6. The number of aromatic nitrogens is 2. The van der Waals surface area contributed by atoms with Crippen LogP contribution in [-0.2, 0) is 0 Å². The monoisotopic (exact) mass is 290 g/mol. The molecule has 0 fully saturated rings. The molecule has 20 heavy (non-hydrogen) atoms. The quantitative estimate of drug-likeness (QED) is 0.907. The molecule has 0 aromatic carbocycles. The Hall–Kier alpha value is -1.95. The van der Waals surface area contributed by atoms with Gasteiger partial charge in [-0.25, -0.2) is 4.98 Å². The maximum absolute atomic E-state index is 12.3. The molecule has 0 spiro atoms. The Morgan fingerprint density at radius 1 is 1.50 bits per heavy atom. The van der Waals surface area contributed by atoms with E-state index < -0.39 is 0 Å². The molecule has 2 rings (SSSR count). The fraction of sp³-hybridized carbons (Fsp3) is 0.357. The van der Waals surface area contributed by atoms with Gasteiger partial charge in [0.1, 0.15) is 4.88 Å². The molecule has 0 aliphatic carbocycles. The van der Waals surface area contributed by atoms with Crippen LogP contribution in [0.25, 0.3) is 0 Å². The Bertz CT molecular complexity index is 623. The predicted octanol–water partition coefficient (Wildman–Crippen LogP) is 2.62. The fourth-order valence-corrected chi connectivity index (χ4v) is 2.72. The van der Waals surface area contributed by atoms with Gasteiger partial charge in [0.25, 0.3) is 5.91 Å². The minimum absolute atomic E-state index is 0.106. The lowest BCUT2D eigenvalue weighted by Crippen LogP contribution is -2.28. The number of anilines is 1. The van der Waals surface area contributed by atoms with Gasteiger partial charge in [-0.05, 0) is 38.0 Å². The van der Waals surface area contributed by atoms with Gasteiger partial charge in [0.05, 0.1) is 17.4 Å². The molecule has 1 amide bonds. The number of carbonyl (C=O) groups is 1. The Morgan fingerprint density at radius 3 is 2.80 bits per heavy atom. The van der Waals surface area contributed by atoms with E-state index in [1.807, 2.05) is 26.0 Å². The summed E-state index contributed by atoms with van der Waals surface area (Å²) in [7, 11) is 0. The van der Waals surface area contributed by atoms with Crippen molar-refractivity contribution in [1.82, 2.24) is 15.3 Å². The second-order valence-electron chi connectivity index (χ2n) is 4.66. The number of aryl methyl sites for hydroxylation is 2. The second kappa shape index (κ2) is 6.00. The van der Waals surface area contributed by atoms with Crippen LogP contribution in [0, 0.1) is 13.8 Å². The maximum Gasteiger partial charge on any atom is 0.263 e. The van der Waals surface area contributed by atoms with Crippen molar-refractivity contribution in [2.24, 2.45) is 0 Å². The van der Waals surface area contributed by atoms with Crippen molar-refractivity contribution in [3.8, 4) is 0 Å². The molecule has 0 aliphatic rings. The van der Waals surface area contributed by atoms with Crippen molar-refractivity contribution >= 4 is 22.4 Å². The number of hydrogen-bond acceptors (Lipinski definition) is 5. The first kappa shape index (κ1) is 14.5. The Morgan fingerprint density at radius 2 is 2.25 bits per heavy atom. The van der Waals surface area contributed by atoms with E-state index in [4.69, 9.17) is 5.73 Å². The van der Waals surface area contributed by atoms with E-state index in [0.717, 1.165) is 17.7 Å². The van der Waals surface area contributed by atoms with Crippen molar-refractivity contribution < 1.29 is 4.79 Å². The van der Waals surface area contributed by atoms with Crippen LogP contribution in [0.15, 0.2) is 18.3 Å². The molecule has 106 valence electrons. The number of nitrogens with one attached hydrogen (secondary N) is 1. The van der Waals surface area contributed by atoms with Crippen molar-refractivity contribution in [2.45, 2.75) is 33.2 Å². The zero-order chi connectivity index (χ0) is 14.7. The first-order valence-corrected chi connectivity index (χ1v) is 7.29. The van der Waals surface area contributed by atoms with Crippen LogP contribution in [0.1, 0.15) is 46.0 Å². The normalized spacial score (nSPS) is 12.2. The number of amides is 1. The Kier molecular flexibility index (Phi) is 4.34. The number of thiazole rings is 1. The molecule has 0 aliphatic heterocycles. The summed E-state index contributed by atoms with van der Waals surface area (Å²) in [5, 5.41) is 3.41. The average molecular weight is 290 g/mol. The molecular formula is C14H18N4OS. The molecule has 0 unspecified atom stereocenters. The van der Waals surface area contributed by atoms with E-state index in [0.29, 0.717) is 15.7 Å². The van der Waals surface area contributed by atoms with E-state index in [-0.39, 0.29) is 11.9 Å². The summed E-state index contributed by atoms with van der Waals surface area (Å²) in [6.07, 6.45) is 2.53. The highest BCUT2D eigenvalue weighted by atomic mass is 32.1. The lowest BCUT2D eigenvalue weighted by molar-refractivity contribution is 0.0938. The number of rotatable bonds is 4. The van der Waals surface area contributed by atoms with Gasteiger partial charge in [-0.15, -0.1) is 0 Å². The summed E-state index contributed by atoms with van der Waals surface area (Å²) in [5.41, 5.74) is 8.29. The number of nitrogens with two attached hydrogens (primary N) is 1. The van der Waals surface area contributed by atoms with E-state index in [1.54, 1.807) is 13.1 Å². The van der Waals surface area contributed by atoms with Crippen LogP contribution in [0.2, 0.25) is 0 Å². The van der Waals surface area contributed by atoms with Gasteiger partial charge < -0.3 is 11.1 Å². The molecule has 1 atom stereocenters. The number of pyridine rings is 1. The third-order valence-corrected chi connectivity index (χ3v) is 4.01. The number of nitrogens with zero attached hydrogens (tertiary/aromatic N) is 2. The van der Waals surface area contributed by atoms with Crippen molar-refractivity contribution in [2.75, 3.05) is 5.73 Å². The van der Waals surface area contributed by atoms with Gasteiger partial charge in [-0.1, -0.05) is 18.3 Å². The Balaban J connectivity index is 2.18. The summed E-state index contributed by atoms with van der Waals surface area (Å²) < 4.78 is 0. The van der Waals surface area contributed by atoms with Gasteiger partial charge in [-0.2, -0.15) is 0 Å². The van der Waals surface area contributed by atoms with Crippen LogP contribution in [0.4, 0.5) is 5.13 Å². The summed E-state index contributed by atoms with van der Waals surface area (Å²) >= 11 is 1.21. The van der Waals surface area contributed by atoms with Crippen LogP contribution >= 0.6 is 11.3 Å². The summed E-state index contributed by atoms with van der Waals surface area (Å²) in [5.74, 6) is -0.146. The smallest absolute Gasteiger partial charge is 0.263 e. The zero-order valence-electron chi connectivity index (χ0n) is 11.8. The standard InChI is InChI=1S/C14H18N4OS/c1-4-10(11-7-8(2)5-6-16-11)18-13(19)12-9(3)17-14(15)20-12/h5-7,10H,4H2,1-3H3,(H2,15,17)(H,18,19)/t10-/m1/s1. The van der Waals surface area contributed by atoms with Gasteiger partial charge in [-0.3, -0.25) is 9.78 Å². The minimum Gasteiger partial charge on any atom is -0.375 e. The van der Waals surface area contributed by atoms with E-state index in [2.05, 4.69) is 15.3 Å².